The molecule has 0 radical (unpaired) electrons. The van der Waals surface area contributed by atoms with Gasteiger partial charge in [0.05, 0.1) is 10.8 Å². The summed E-state index contributed by atoms with van der Waals surface area (Å²) >= 11 is 0. The molecule has 0 N–H and O–H groups in total. The van der Waals surface area contributed by atoms with E-state index in [0.717, 1.165) is 101 Å². The van der Waals surface area contributed by atoms with Gasteiger partial charge in [-0.1, -0.05) is 42.6 Å². The largest absolute Gasteiger partial charge is 2.00 e. The Labute approximate surface area is 410 Å². The number of allylic oxidation sites excluding steroid dienone is 4. The van der Waals surface area contributed by atoms with Crippen LogP contribution in [0, 0.1) is 12.1 Å². The van der Waals surface area contributed by atoms with Gasteiger partial charge in [0.15, 0.2) is 14.1 Å². The predicted octanol–water partition coefficient (Wildman–Crippen LogP) is 7.43. The maximum absolute atomic E-state index is 4.55. The minimum Gasteiger partial charge on any atom is -0.581 e. The maximum atomic E-state index is 4.55. The van der Waals surface area contributed by atoms with Crippen LogP contribution in [0.2, 0.25) is 0 Å². The summed E-state index contributed by atoms with van der Waals surface area (Å²) in [5.74, 6) is 0. The van der Waals surface area contributed by atoms with Crippen LogP contribution in [0.5, 0.6) is 0 Å². The number of hydrogen-bond donors (Lipinski definition) is 0. The predicted molar refractivity (Wildman–Crippen MR) is 238 cm³/mol. The first-order valence-electron chi connectivity index (χ1n) is 20.9. The zero-order valence-electron chi connectivity index (χ0n) is 36.7. The van der Waals surface area contributed by atoms with E-state index in [2.05, 4.69) is 162 Å². The van der Waals surface area contributed by atoms with Crippen LogP contribution in [0.4, 0.5) is 11.4 Å². The Bertz CT molecular complexity index is 3120. The van der Waals surface area contributed by atoms with Crippen molar-refractivity contribution in [3.05, 3.63) is 214 Å². The topological polar surface area (TPSA) is 118 Å². The second-order valence-electron chi connectivity index (χ2n) is 16.2. The Morgan fingerprint density at radius 2 is 0.818 bits per heavy atom. The molecule has 0 bridgehead atoms. The molecule has 0 atom stereocenters. The van der Waals surface area contributed by atoms with Crippen molar-refractivity contribution in [2.45, 2.75) is 38.5 Å². The average molecular weight is 1220 g/mol. The molecule has 2 aliphatic carbocycles. The van der Waals surface area contributed by atoms with E-state index in [-0.39, 0.29) is 42.1 Å². The molecule has 0 fully saturated rings. The minimum absolute atomic E-state index is 0. The van der Waals surface area contributed by atoms with Crippen LogP contribution in [0.15, 0.2) is 158 Å². The maximum Gasteiger partial charge on any atom is 2.00 e. The van der Waals surface area contributed by atoms with E-state index < -0.39 is 10.8 Å². The number of nitrogens with zero attached hydrogens (tertiary/aromatic N) is 12. The van der Waals surface area contributed by atoms with E-state index in [0.29, 0.717) is 0 Å². The third kappa shape index (κ3) is 6.43. The van der Waals surface area contributed by atoms with E-state index in [1.807, 2.05) is 85.0 Å². The van der Waals surface area contributed by atoms with Crippen molar-refractivity contribution in [1.29, 1.82) is 0 Å². The fraction of sp³-hybridized carbons (Fsp3) is 0.154. The van der Waals surface area contributed by atoms with Gasteiger partial charge in [0.25, 0.3) is 22.8 Å². The number of rotatable bonds is 6. The Morgan fingerprint density at radius 3 is 1.11 bits per heavy atom. The fourth-order valence-electron chi connectivity index (χ4n) is 9.80. The molecule has 0 spiro atoms. The molecule has 6 aromatic heterocycles. The number of hydrogen-bond acceptors (Lipinski definition) is 6. The average Bonchev–Trinajstić information content (AvgIpc) is 4.22. The standard InChI is InChI=1S/2C26H20N6.2Pt/c2*1-17-18(2)32(16-31(17)3)20-6-4-5-19(13-20)26(25-9-12-29-30-25)23-7-10-27-14-21(23)22-15-28-11-8-24(22)26;;/h2*4-12,14-15H,1-3H3;;/q;;2*+2. The van der Waals surface area contributed by atoms with E-state index in [1.165, 1.54) is 0 Å². The van der Waals surface area contributed by atoms with Crippen molar-refractivity contribution >= 4 is 23.4 Å². The Kier molecular flexibility index (Phi) is 11.5. The number of aromatic nitrogens is 8. The molecular weight excluding hydrogens is 1180 g/mol. The number of fused-ring (bicyclic) bond motifs is 6. The number of benzene rings is 2. The minimum atomic E-state index is -0.651. The van der Waals surface area contributed by atoms with Gasteiger partial charge in [-0.25, -0.2) is 0 Å². The second kappa shape index (κ2) is 17.1. The van der Waals surface area contributed by atoms with Gasteiger partial charge in [-0.05, 0) is 46.5 Å². The van der Waals surface area contributed by atoms with Crippen molar-refractivity contribution in [3.63, 3.8) is 0 Å². The summed E-state index contributed by atoms with van der Waals surface area (Å²) in [6, 6.07) is 38.9. The number of pyridine rings is 4. The molecule has 8 aromatic rings. The summed E-state index contributed by atoms with van der Waals surface area (Å²) in [7, 11) is 4.01. The molecular formula is C52H40N12Pt2+4. The van der Waals surface area contributed by atoms with Crippen LogP contribution in [0.25, 0.3) is 22.3 Å². The van der Waals surface area contributed by atoms with Gasteiger partial charge in [-0.3, -0.25) is 19.9 Å². The molecule has 66 heavy (non-hydrogen) atoms. The quantitative estimate of drug-likeness (QED) is 0.125. The van der Waals surface area contributed by atoms with Crippen LogP contribution in [-0.2, 0) is 53.0 Å². The van der Waals surface area contributed by atoms with Crippen LogP contribution in [-0.4, -0.2) is 74.5 Å². The van der Waals surface area contributed by atoms with Gasteiger partial charge in [-0.15, -0.1) is 23.3 Å². The molecule has 0 saturated heterocycles. The third-order valence-corrected chi connectivity index (χ3v) is 13.3. The Morgan fingerprint density at radius 1 is 0.470 bits per heavy atom. The van der Waals surface area contributed by atoms with Gasteiger partial charge in [0.2, 0.25) is 0 Å². The second-order valence-corrected chi connectivity index (χ2v) is 16.2. The van der Waals surface area contributed by atoms with Crippen molar-refractivity contribution < 1.29 is 60.4 Å². The van der Waals surface area contributed by atoms with Gasteiger partial charge in [-0.2, -0.15) is 36.7 Å². The normalized spacial score (nSPS) is 15.5. The van der Waals surface area contributed by atoms with Crippen molar-refractivity contribution in [2.24, 2.45) is 0 Å². The summed E-state index contributed by atoms with van der Waals surface area (Å²) in [5.41, 5.74) is 17.5. The third-order valence-electron chi connectivity index (χ3n) is 13.3. The van der Waals surface area contributed by atoms with E-state index >= 15 is 0 Å². The van der Waals surface area contributed by atoms with Gasteiger partial charge in [0.1, 0.15) is 11.4 Å². The molecule has 324 valence electrons. The van der Waals surface area contributed by atoms with Crippen LogP contribution >= 0.6 is 0 Å². The first-order valence-corrected chi connectivity index (χ1v) is 20.9. The summed E-state index contributed by atoms with van der Waals surface area (Å²) < 4.78 is 8.12. The molecule has 12 nitrogen and oxygen atoms in total. The van der Waals surface area contributed by atoms with Gasteiger partial charge >= 0.3 is 54.1 Å². The van der Waals surface area contributed by atoms with E-state index in [9.17, 15) is 0 Å². The van der Waals surface area contributed by atoms with Gasteiger partial charge < -0.3 is 20.4 Å². The molecule has 4 aliphatic rings. The van der Waals surface area contributed by atoms with E-state index in [4.69, 9.17) is 0 Å². The Hall–Kier alpha value is -6.92. The smallest absolute Gasteiger partial charge is 0.581 e. The molecule has 8 heterocycles. The van der Waals surface area contributed by atoms with Crippen molar-refractivity contribution in [2.75, 3.05) is 14.1 Å². The zero-order chi connectivity index (χ0) is 43.7. The Balaban J connectivity index is 0.000000161. The molecule has 0 saturated carbocycles. The molecule has 14 heteroatoms. The fourth-order valence-corrected chi connectivity index (χ4v) is 9.80. The van der Waals surface area contributed by atoms with Crippen LogP contribution in [0.1, 0.15) is 72.5 Å². The molecule has 0 amide bonds. The van der Waals surface area contributed by atoms with E-state index in [1.54, 1.807) is 12.4 Å². The zero-order valence-corrected chi connectivity index (χ0v) is 41.2. The van der Waals surface area contributed by atoms with Crippen LogP contribution in [0.3, 0.4) is 0 Å². The molecule has 0 unspecified atom stereocenters. The van der Waals surface area contributed by atoms with Crippen molar-refractivity contribution in [3.8, 4) is 22.3 Å². The summed E-state index contributed by atoms with van der Waals surface area (Å²) in [5, 5.41) is 17.5. The molecule has 12 rings (SSSR count). The summed E-state index contributed by atoms with van der Waals surface area (Å²) in [4.78, 5) is 17.6. The monoisotopic (exact) mass is 1220 g/mol. The van der Waals surface area contributed by atoms with Gasteiger partial charge in [0, 0.05) is 111 Å². The first kappa shape index (κ1) is 44.3. The molecule has 2 aliphatic heterocycles. The van der Waals surface area contributed by atoms with Crippen molar-refractivity contribution in [1.82, 2.24) is 40.3 Å². The SMILES string of the molecule is CC1=C(C)[N+](c2[c-]c(C3(c4cc[n-]n4)c4ccncc4-c4cnccc43)ccc2)=C=[N+]1C.CC1=C(C)[N+](c2[c-]c(C3(c4cc[n-]n4)c4ccncc4-c4cnccc43)ccc2)=C=[N+]1C.[Pt+2].[Pt+2]. The van der Waals surface area contributed by atoms with Crippen LogP contribution < -0.4 is 10.2 Å². The summed E-state index contributed by atoms with van der Waals surface area (Å²) in [6.45, 7) is 8.39. The summed E-state index contributed by atoms with van der Waals surface area (Å²) in [6.07, 6.45) is 18.5. The molecule has 2 aromatic carbocycles. The first-order chi connectivity index (χ1) is 31.2.